The van der Waals surface area contributed by atoms with Crippen LogP contribution in [0.4, 0.5) is 23.1 Å². The molecule has 1 aromatic heterocycles. The maximum absolute atomic E-state index is 11.0. The van der Waals surface area contributed by atoms with E-state index in [1.54, 1.807) is 25.2 Å². The lowest BCUT2D eigenvalue weighted by Crippen LogP contribution is -2.04. The van der Waals surface area contributed by atoms with E-state index in [-0.39, 0.29) is 17.5 Å². The highest BCUT2D eigenvalue weighted by molar-refractivity contribution is 6.33. The van der Waals surface area contributed by atoms with E-state index >= 15 is 0 Å². The number of hydrogen-bond donors (Lipinski definition) is 2. The van der Waals surface area contributed by atoms with Crippen molar-refractivity contribution in [2.75, 3.05) is 24.8 Å². The molecular formula is C12H12ClN5O3. The first-order valence-corrected chi connectivity index (χ1v) is 6.22. The molecule has 0 aliphatic heterocycles. The Morgan fingerprint density at radius 3 is 2.81 bits per heavy atom. The minimum Gasteiger partial charge on any atom is -0.497 e. The van der Waals surface area contributed by atoms with Crippen molar-refractivity contribution in [3.05, 3.63) is 39.5 Å². The molecule has 0 unspecified atom stereocenters. The zero-order chi connectivity index (χ0) is 15.4. The summed E-state index contributed by atoms with van der Waals surface area (Å²) in [4.78, 5) is 18.3. The fourth-order valence-electron chi connectivity index (χ4n) is 1.58. The van der Waals surface area contributed by atoms with Crippen LogP contribution in [0.5, 0.6) is 5.75 Å². The van der Waals surface area contributed by atoms with E-state index in [9.17, 15) is 10.1 Å². The largest absolute Gasteiger partial charge is 0.497 e. The number of aromatic nitrogens is 2. The van der Waals surface area contributed by atoms with Crippen LogP contribution in [-0.4, -0.2) is 29.0 Å². The minimum atomic E-state index is -0.574. The highest BCUT2D eigenvalue weighted by Gasteiger charge is 2.18. The number of methoxy groups -OCH3 is 1. The Hall–Kier alpha value is -2.61. The fraction of sp³-hybridized carbons (Fsp3) is 0.167. The molecule has 0 spiro atoms. The van der Waals surface area contributed by atoms with Crippen molar-refractivity contribution in [2.45, 2.75) is 0 Å². The topological polar surface area (TPSA) is 102 Å². The molecule has 1 aromatic carbocycles. The average Bonchev–Trinajstić information content (AvgIpc) is 2.49. The van der Waals surface area contributed by atoms with Gasteiger partial charge in [0.2, 0.25) is 11.8 Å². The van der Waals surface area contributed by atoms with Crippen LogP contribution in [0.15, 0.2) is 24.4 Å². The predicted molar refractivity (Wildman–Crippen MR) is 79.5 cm³/mol. The maximum atomic E-state index is 11.0. The van der Waals surface area contributed by atoms with E-state index in [1.807, 2.05) is 0 Å². The van der Waals surface area contributed by atoms with E-state index in [0.717, 1.165) is 6.20 Å². The first-order chi connectivity index (χ1) is 10.0. The summed E-state index contributed by atoms with van der Waals surface area (Å²) >= 11 is 6.06. The van der Waals surface area contributed by atoms with Gasteiger partial charge < -0.3 is 15.4 Å². The summed E-state index contributed by atoms with van der Waals surface area (Å²) in [7, 11) is 3.13. The smallest absolute Gasteiger partial charge is 0.329 e. The molecule has 9 heteroatoms. The van der Waals surface area contributed by atoms with Crippen LogP contribution in [0.2, 0.25) is 5.02 Å². The number of nitrogens with one attached hydrogen (secondary N) is 2. The summed E-state index contributed by atoms with van der Waals surface area (Å²) in [5, 5.41) is 17.0. The molecule has 2 aromatic rings. The number of nitro groups is 1. The van der Waals surface area contributed by atoms with Gasteiger partial charge in [-0.3, -0.25) is 10.1 Å². The summed E-state index contributed by atoms with van der Waals surface area (Å²) in [6.45, 7) is 0. The molecule has 2 N–H and O–H groups in total. The molecule has 2 rings (SSSR count). The molecule has 0 amide bonds. The van der Waals surface area contributed by atoms with E-state index in [2.05, 4.69) is 20.6 Å². The van der Waals surface area contributed by atoms with Crippen molar-refractivity contribution in [1.82, 2.24) is 9.97 Å². The predicted octanol–water partition coefficient (Wildman–Crippen LogP) is 2.83. The van der Waals surface area contributed by atoms with Gasteiger partial charge in [-0.2, -0.15) is 4.98 Å². The Bertz CT molecular complexity index is 680. The SMILES string of the molecule is CNc1ncc([N+](=O)[O-])c(Nc2cc(OC)ccc2Cl)n1. The number of benzene rings is 1. The lowest BCUT2D eigenvalue weighted by molar-refractivity contribution is -0.384. The molecule has 0 saturated carbocycles. The molecule has 0 fully saturated rings. The van der Waals surface area contributed by atoms with Crippen molar-refractivity contribution in [2.24, 2.45) is 0 Å². The first-order valence-electron chi connectivity index (χ1n) is 5.85. The van der Waals surface area contributed by atoms with Gasteiger partial charge in [-0.25, -0.2) is 4.98 Å². The van der Waals surface area contributed by atoms with E-state index < -0.39 is 4.92 Å². The standard InChI is InChI=1S/C12H12ClN5O3/c1-14-12-15-6-10(18(19)20)11(17-12)16-9-5-7(21-2)3-4-8(9)13/h3-6H,1-2H3,(H2,14,15,16,17). The second kappa shape index (κ2) is 6.23. The molecular weight excluding hydrogens is 298 g/mol. The fourth-order valence-corrected chi connectivity index (χ4v) is 1.74. The molecule has 0 aliphatic rings. The zero-order valence-electron chi connectivity index (χ0n) is 11.3. The van der Waals surface area contributed by atoms with Crippen LogP contribution >= 0.6 is 11.6 Å². The number of anilines is 3. The van der Waals surface area contributed by atoms with Gasteiger partial charge in [0.25, 0.3) is 0 Å². The normalized spacial score (nSPS) is 10.0. The van der Waals surface area contributed by atoms with Crippen molar-refractivity contribution in [1.29, 1.82) is 0 Å². The Balaban J connectivity index is 2.44. The van der Waals surface area contributed by atoms with E-state index in [0.29, 0.717) is 16.5 Å². The molecule has 0 aliphatic carbocycles. The maximum Gasteiger partial charge on any atom is 0.329 e. The summed E-state index contributed by atoms with van der Waals surface area (Å²) in [5.41, 5.74) is 0.188. The Morgan fingerprint density at radius 1 is 1.43 bits per heavy atom. The van der Waals surface area contributed by atoms with Crippen LogP contribution in [0, 0.1) is 10.1 Å². The Labute approximate surface area is 125 Å². The third-order valence-electron chi connectivity index (χ3n) is 2.62. The van der Waals surface area contributed by atoms with Crippen molar-refractivity contribution >= 4 is 34.7 Å². The second-order valence-corrected chi connectivity index (χ2v) is 4.31. The van der Waals surface area contributed by atoms with Gasteiger partial charge in [-0.15, -0.1) is 0 Å². The molecule has 0 saturated heterocycles. The summed E-state index contributed by atoms with van der Waals surface area (Å²) in [5.74, 6) is 0.851. The summed E-state index contributed by atoms with van der Waals surface area (Å²) < 4.78 is 5.09. The van der Waals surface area contributed by atoms with Crippen LogP contribution in [0.25, 0.3) is 0 Å². The monoisotopic (exact) mass is 309 g/mol. The Morgan fingerprint density at radius 2 is 2.19 bits per heavy atom. The van der Waals surface area contributed by atoms with Gasteiger partial charge in [-0.05, 0) is 12.1 Å². The minimum absolute atomic E-state index is 0.0366. The van der Waals surface area contributed by atoms with Crippen LogP contribution in [-0.2, 0) is 0 Å². The first kappa shape index (κ1) is 14.8. The third-order valence-corrected chi connectivity index (χ3v) is 2.95. The lowest BCUT2D eigenvalue weighted by Gasteiger charge is -2.10. The molecule has 1 heterocycles. The Kier molecular flexibility index (Phi) is 4.39. The third kappa shape index (κ3) is 3.29. The van der Waals surface area contributed by atoms with Crippen molar-refractivity contribution in [3.63, 3.8) is 0 Å². The highest BCUT2D eigenvalue weighted by atomic mass is 35.5. The summed E-state index contributed by atoms with van der Waals surface area (Å²) in [6, 6.07) is 4.92. The lowest BCUT2D eigenvalue weighted by atomic mass is 10.3. The molecule has 8 nitrogen and oxygen atoms in total. The van der Waals surface area contributed by atoms with Crippen molar-refractivity contribution in [3.8, 4) is 5.75 Å². The molecule has 0 radical (unpaired) electrons. The molecule has 0 atom stereocenters. The zero-order valence-corrected chi connectivity index (χ0v) is 12.0. The van der Waals surface area contributed by atoms with Gasteiger partial charge >= 0.3 is 5.69 Å². The molecule has 0 bridgehead atoms. The van der Waals surface area contributed by atoms with Gasteiger partial charge in [0.05, 0.1) is 22.7 Å². The number of nitrogens with zero attached hydrogens (tertiary/aromatic N) is 3. The van der Waals surface area contributed by atoms with Crippen LogP contribution in [0.1, 0.15) is 0 Å². The van der Waals surface area contributed by atoms with Gasteiger partial charge in [0, 0.05) is 13.1 Å². The molecule has 21 heavy (non-hydrogen) atoms. The number of hydrogen-bond acceptors (Lipinski definition) is 7. The van der Waals surface area contributed by atoms with Crippen molar-refractivity contribution < 1.29 is 9.66 Å². The van der Waals surface area contributed by atoms with Gasteiger partial charge in [-0.1, -0.05) is 11.6 Å². The van der Waals surface area contributed by atoms with E-state index in [1.165, 1.54) is 7.11 Å². The van der Waals surface area contributed by atoms with Crippen LogP contribution in [0.3, 0.4) is 0 Å². The average molecular weight is 310 g/mol. The number of ether oxygens (including phenoxy) is 1. The molecule has 110 valence electrons. The van der Waals surface area contributed by atoms with Crippen LogP contribution < -0.4 is 15.4 Å². The van der Waals surface area contributed by atoms with Gasteiger partial charge in [0.15, 0.2) is 0 Å². The quantitative estimate of drug-likeness (QED) is 0.646. The highest BCUT2D eigenvalue weighted by Crippen LogP contribution is 2.32. The number of halogens is 1. The summed E-state index contributed by atoms with van der Waals surface area (Å²) in [6.07, 6.45) is 1.12. The second-order valence-electron chi connectivity index (χ2n) is 3.91. The van der Waals surface area contributed by atoms with Gasteiger partial charge in [0.1, 0.15) is 11.9 Å². The number of rotatable bonds is 5. The van der Waals surface area contributed by atoms with E-state index in [4.69, 9.17) is 16.3 Å².